The molecule has 0 atom stereocenters. The van der Waals surface area contributed by atoms with Crippen LogP contribution in [0.5, 0.6) is 0 Å². The third-order valence-electron chi connectivity index (χ3n) is 2.21. The minimum atomic E-state index is -0.143. The van der Waals surface area contributed by atoms with Gasteiger partial charge in [0, 0.05) is 12.5 Å². The Balaban J connectivity index is 0.000000771. The van der Waals surface area contributed by atoms with Crippen molar-refractivity contribution in [3.8, 4) is 0 Å². The molecule has 0 unspecified atom stereocenters. The van der Waals surface area contributed by atoms with Gasteiger partial charge < -0.3 is 15.5 Å². The first-order chi connectivity index (χ1) is 8.70. The summed E-state index contributed by atoms with van der Waals surface area (Å²) in [7, 11) is 0. The van der Waals surface area contributed by atoms with E-state index >= 15 is 0 Å². The number of hydrogen-bond donors (Lipinski definition) is 2. The molecule has 2 aromatic rings. The summed E-state index contributed by atoms with van der Waals surface area (Å²) in [5.74, 6) is 0.385. The Kier molecular flexibility index (Phi) is 5.32. The van der Waals surface area contributed by atoms with Gasteiger partial charge in [-0.3, -0.25) is 4.79 Å². The zero-order valence-electron chi connectivity index (χ0n) is 11.0. The van der Waals surface area contributed by atoms with Crippen molar-refractivity contribution in [2.75, 3.05) is 11.9 Å². The second-order valence-corrected chi connectivity index (χ2v) is 3.52. The first-order valence-electron chi connectivity index (χ1n) is 6.05. The summed E-state index contributed by atoms with van der Waals surface area (Å²) < 4.78 is 5.33. The van der Waals surface area contributed by atoms with E-state index in [9.17, 15) is 4.79 Å². The number of pyridine rings is 1. The lowest BCUT2D eigenvalue weighted by molar-refractivity contribution is -0.114. The van der Waals surface area contributed by atoms with E-state index in [1.165, 1.54) is 6.92 Å². The summed E-state index contributed by atoms with van der Waals surface area (Å²) in [6.45, 7) is 5.99. The van der Waals surface area contributed by atoms with Crippen LogP contribution in [0, 0.1) is 0 Å². The maximum absolute atomic E-state index is 10.9. The standard InChI is InChI=1S/C11H13N3O2.C2H6/c1-7(15)13-10-3-2-9-11(14-10)8(4-5-12)6-16-9;1-2/h2-3,6H,4-5,12H2,1H3,(H,13,14,15);1-2H3. The number of amides is 1. The first kappa shape index (κ1) is 14.2. The number of carbonyl (C=O) groups excluding carboxylic acids is 1. The quantitative estimate of drug-likeness (QED) is 0.874. The Morgan fingerprint density at radius 2 is 2.17 bits per heavy atom. The van der Waals surface area contributed by atoms with E-state index in [1.54, 1.807) is 18.4 Å². The second kappa shape index (κ2) is 6.76. The van der Waals surface area contributed by atoms with E-state index in [-0.39, 0.29) is 5.91 Å². The molecule has 18 heavy (non-hydrogen) atoms. The average molecular weight is 249 g/mol. The van der Waals surface area contributed by atoms with Gasteiger partial charge >= 0.3 is 0 Å². The SMILES string of the molecule is CC.CC(=O)Nc1ccc2occ(CCN)c2n1. The van der Waals surface area contributed by atoms with E-state index < -0.39 is 0 Å². The van der Waals surface area contributed by atoms with E-state index in [0.29, 0.717) is 24.4 Å². The highest BCUT2D eigenvalue weighted by molar-refractivity contribution is 5.89. The van der Waals surface area contributed by atoms with Crippen molar-refractivity contribution in [2.45, 2.75) is 27.2 Å². The summed E-state index contributed by atoms with van der Waals surface area (Å²) in [4.78, 5) is 15.2. The predicted molar refractivity (Wildman–Crippen MR) is 72.4 cm³/mol. The Hall–Kier alpha value is -1.88. The van der Waals surface area contributed by atoms with Gasteiger partial charge in [-0.05, 0) is 25.1 Å². The topological polar surface area (TPSA) is 81.2 Å². The lowest BCUT2D eigenvalue weighted by Gasteiger charge is -2.00. The molecule has 3 N–H and O–H groups in total. The molecule has 2 heterocycles. The largest absolute Gasteiger partial charge is 0.462 e. The zero-order valence-corrected chi connectivity index (χ0v) is 11.0. The van der Waals surface area contributed by atoms with Crippen LogP contribution in [0.4, 0.5) is 5.82 Å². The second-order valence-electron chi connectivity index (χ2n) is 3.52. The molecule has 0 aromatic carbocycles. The number of carbonyl (C=O) groups is 1. The molecule has 0 aliphatic heterocycles. The number of nitrogens with zero attached hydrogens (tertiary/aromatic N) is 1. The van der Waals surface area contributed by atoms with Gasteiger partial charge in [0.25, 0.3) is 0 Å². The molecule has 5 heteroatoms. The minimum Gasteiger partial charge on any atom is -0.462 e. The highest BCUT2D eigenvalue weighted by Crippen LogP contribution is 2.21. The molecule has 2 rings (SSSR count). The Morgan fingerprint density at radius 3 is 2.78 bits per heavy atom. The summed E-state index contributed by atoms with van der Waals surface area (Å²) in [6.07, 6.45) is 2.37. The summed E-state index contributed by atoms with van der Waals surface area (Å²) in [6, 6.07) is 3.49. The Morgan fingerprint density at radius 1 is 1.44 bits per heavy atom. The van der Waals surface area contributed by atoms with Gasteiger partial charge in [-0.25, -0.2) is 4.98 Å². The number of aromatic nitrogens is 1. The third-order valence-corrected chi connectivity index (χ3v) is 2.21. The van der Waals surface area contributed by atoms with Crippen LogP contribution in [0.3, 0.4) is 0 Å². The van der Waals surface area contributed by atoms with Gasteiger partial charge in [0.15, 0.2) is 5.58 Å². The molecular formula is C13H19N3O2. The van der Waals surface area contributed by atoms with Crippen LogP contribution >= 0.6 is 0 Å². The summed E-state index contributed by atoms with van der Waals surface area (Å²) >= 11 is 0. The molecule has 98 valence electrons. The molecule has 1 amide bonds. The van der Waals surface area contributed by atoms with Gasteiger partial charge in [-0.1, -0.05) is 13.8 Å². The van der Waals surface area contributed by atoms with E-state index in [4.69, 9.17) is 10.2 Å². The van der Waals surface area contributed by atoms with Crippen LogP contribution in [-0.4, -0.2) is 17.4 Å². The van der Waals surface area contributed by atoms with Crippen molar-refractivity contribution >= 4 is 22.8 Å². The van der Waals surface area contributed by atoms with Gasteiger partial charge in [0.2, 0.25) is 5.91 Å². The molecular weight excluding hydrogens is 230 g/mol. The number of hydrogen-bond acceptors (Lipinski definition) is 4. The summed E-state index contributed by atoms with van der Waals surface area (Å²) in [5.41, 5.74) is 7.92. The lowest BCUT2D eigenvalue weighted by atomic mass is 10.2. The van der Waals surface area contributed by atoms with Crippen molar-refractivity contribution in [1.29, 1.82) is 0 Å². The number of rotatable bonds is 3. The molecule has 0 aliphatic rings. The normalized spacial score (nSPS) is 9.78. The fourth-order valence-electron chi connectivity index (χ4n) is 1.54. The highest BCUT2D eigenvalue weighted by Gasteiger charge is 2.08. The number of anilines is 1. The van der Waals surface area contributed by atoms with Gasteiger partial charge in [-0.2, -0.15) is 0 Å². The molecule has 2 aromatic heterocycles. The fourth-order valence-corrected chi connectivity index (χ4v) is 1.54. The predicted octanol–water partition coefficient (Wildman–Crippen LogP) is 2.31. The lowest BCUT2D eigenvalue weighted by Crippen LogP contribution is -2.07. The van der Waals surface area contributed by atoms with Crippen LogP contribution in [-0.2, 0) is 11.2 Å². The van der Waals surface area contributed by atoms with E-state index in [1.807, 2.05) is 13.8 Å². The number of fused-ring (bicyclic) bond motifs is 1. The monoisotopic (exact) mass is 249 g/mol. The minimum absolute atomic E-state index is 0.143. The third kappa shape index (κ3) is 3.30. The van der Waals surface area contributed by atoms with Crippen LogP contribution in [0.2, 0.25) is 0 Å². The molecule has 0 saturated carbocycles. The maximum atomic E-state index is 10.9. The van der Waals surface area contributed by atoms with E-state index in [0.717, 1.165) is 11.1 Å². The molecule has 0 bridgehead atoms. The Bertz CT molecular complexity index is 520. The van der Waals surface area contributed by atoms with E-state index in [2.05, 4.69) is 10.3 Å². The van der Waals surface area contributed by atoms with Crippen LogP contribution in [0.15, 0.2) is 22.8 Å². The highest BCUT2D eigenvalue weighted by atomic mass is 16.3. The summed E-state index contributed by atoms with van der Waals surface area (Å²) in [5, 5.41) is 2.63. The Labute approximate surface area is 106 Å². The van der Waals surface area contributed by atoms with Crippen LogP contribution < -0.4 is 11.1 Å². The van der Waals surface area contributed by atoms with Crippen molar-refractivity contribution in [3.05, 3.63) is 24.0 Å². The molecule has 5 nitrogen and oxygen atoms in total. The van der Waals surface area contributed by atoms with Gasteiger partial charge in [0.05, 0.1) is 6.26 Å². The molecule has 0 spiro atoms. The van der Waals surface area contributed by atoms with Crippen LogP contribution in [0.1, 0.15) is 26.3 Å². The van der Waals surface area contributed by atoms with Crippen LogP contribution in [0.25, 0.3) is 11.1 Å². The van der Waals surface area contributed by atoms with Crippen molar-refractivity contribution in [1.82, 2.24) is 4.98 Å². The van der Waals surface area contributed by atoms with Crippen molar-refractivity contribution in [3.63, 3.8) is 0 Å². The zero-order chi connectivity index (χ0) is 13.5. The van der Waals surface area contributed by atoms with Crippen molar-refractivity contribution in [2.24, 2.45) is 5.73 Å². The molecule has 0 fully saturated rings. The van der Waals surface area contributed by atoms with Crippen molar-refractivity contribution < 1.29 is 9.21 Å². The number of furan rings is 1. The maximum Gasteiger partial charge on any atom is 0.222 e. The molecule has 0 aliphatic carbocycles. The average Bonchev–Trinajstić information content (AvgIpc) is 2.75. The number of nitrogens with one attached hydrogen (secondary N) is 1. The first-order valence-corrected chi connectivity index (χ1v) is 6.05. The smallest absolute Gasteiger partial charge is 0.222 e. The molecule has 0 saturated heterocycles. The van der Waals surface area contributed by atoms with Gasteiger partial charge in [-0.15, -0.1) is 0 Å². The number of nitrogens with two attached hydrogens (primary N) is 1. The molecule has 0 radical (unpaired) electrons. The fraction of sp³-hybridized carbons (Fsp3) is 0.385. The van der Waals surface area contributed by atoms with Gasteiger partial charge in [0.1, 0.15) is 11.3 Å².